The van der Waals surface area contributed by atoms with E-state index < -0.39 is 0 Å². The number of H-pyrrole nitrogens is 1. The summed E-state index contributed by atoms with van der Waals surface area (Å²) in [5, 5.41) is 9.63. The Labute approximate surface area is 99.8 Å². The second-order valence-corrected chi connectivity index (χ2v) is 4.85. The highest BCUT2D eigenvalue weighted by atomic mass is 35.5. The second kappa shape index (κ2) is 4.87. The van der Waals surface area contributed by atoms with Gasteiger partial charge in [0.15, 0.2) is 0 Å². The van der Waals surface area contributed by atoms with Gasteiger partial charge in [-0.25, -0.2) is 0 Å². The van der Waals surface area contributed by atoms with Gasteiger partial charge in [0.2, 0.25) is 0 Å². The van der Waals surface area contributed by atoms with Gasteiger partial charge >= 0.3 is 0 Å². The number of carbonyl (C=O) groups is 1. The first-order valence-electron chi connectivity index (χ1n) is 5.63. The van der Waals surface area contributed by atoms with Gasteiger partial charge in [-0.15, -0.1) is 11.6 Å². The van der Waals surface area contributed by atoms with Gasteiger partial charge in [-0.2, -0.15) is 5.10 Å². The molecule has 1 aromatic heterocycles. The first-order chi connectivity index (χ1) is 7.68. The highest BCUT2D eigenvalue weighted by Gasteiger charge is 2.25. The summed E-state index contributed by atoms with van der Waals surface area (Å²) in [6, 6.07) is 0.0946. The lowest BCUT2D eigenvalue weighted by Crippen LogP contribution is -2.42. The van der Waals surface area contributed by atoms with Crippen LogP contribution < -0.4 is 5.32 Å². The molecule has 1 fully saturated rings. The zero-order valence-electron chi connectivity index (χ0n) is 9.29. The van der Waals surface area contributed by atoms with Crippen LogP contribution in [0.1, 0.15) is 41.7 Å². The van der Waals surface area contributed by atoms with Crippen LogP contribution in [0.25, 0.3) is 0 Å². The minimum absolute atomic E-state index is 0.0601. The van der Waals surface area contributed by atoms with Crippen LogP contribution in [0.2, 0.25) is 0 Å². The summed E-state index contributed by atoms with van der Waals surface area (Å²) < 4.78 is 0. The molecule has 2 atom stereocenters. The van der Waals surface area contributed by atoms with Gasteiger partial charge in [0, 0.05) is 11.7 Å². The van der Waals surface area contributed by atoms with Crippen molar-refractivity contribution in [1.29, 1.82) is 0 Å². The van der Waals surface area contributed by atoms with Crippen molar-refractivity contribution in [2.24, 2.45) is 0 Å². The molecule has 2 N–H and O–H groups in total. The van der Waals surface area contributed by atoms with E-state index in [1.165, 1.54) is 0 Å². The first-order valence-corrected chi connectivity index (χ1v) is 6.07. The normalized spacial score (nSPS) is 25.4. The Morgan fingerprint density at radius 3 is 2.94 bits per heavy atom. The molecule has 2 unspecified atom stereocenters. The van der Waals surface area contributed by atoms with Crippen molar-refractivity contribution in [3.8, 4) is 0 Å². The van der Waals surface area contributed by atoms with Crippen LogP contribution in [0, 0.1) is 6.92 Å². The Morgan fingerprint density at radius 1 is 1.56 bits per heavy atom. The predicted molar refractivity (Wildman–Crippen MR) is 62.7 cm³/mol. The van der Waals surface area contributed by atoms with E-state index in [1.54, 1.807) is 6.20 Å². The molecule has 1 heterocycles. The number of hydrogen-bond donors (Lipinski definition) is 2. The Balaban J connectivity index is 1.99. The van der Waals surface area contributed by atoms with E-state index in [0.717, 1.165) is 31.4 Å². The fourth-order valence-electron chi connectivity index (χ4n) is 2.07. The number of hydrogen-bond acceptors (Lipinski definition) is 2. The highest BCUT2D eigenvalue weighted by molar-refractivity contribution is 6.21. The summed E-state index contributed by atoms with van der Waals surface area (Å²) in [7, 11) is 0. The van der Waals surface area contributed by atoms with Gasteiger partial charge < -0.3 is 5.32 Å². The molecule has 0 spiro atoms. The third-order valence-electron chi connectivity index (χ3n) is 3.07. The average Bonchev–Trinajstić information content (AvgIpc) is 2.68. The molecular formula is C11H16ClN3O. The third kappa shape index (κ3) is 2.38. The molecule has 1 aromatic rings. The third-order valence-corrected chi connectivity index (χ3v) is 3.60. The molecule has 16 heavy (non-hydrogen) atoms. The summed E-state index contributed by atoms with van der Waals surface area (Å²) >= 11 is 6.19. The minimum atomic E-state index is -0.0798. The van der Waals surface area contributed by atoms with Crippen LogP contribution in [0.4, 0.5) is 0 Å². The minimum Gasteiger partial charge on any atom is -0.348 e. The summed E-state index contributed by atoms with van der Waals surface area (Å²) in [6.07, 6.45) is 5.80. The van der Waals surface area contributed by atoms with E-state index in [2.05, 4.69) is 15.5 Å². The standard InChI is InChI=1S/C11H16ClN3O/c1-7-8(6-13-15-7)11(16)14-10-5-3-2-4-9(10)12/h6,9-10H,2-5H2,1H3,(H,13,15)(H,14,16). The molecule has 0 aromatic carbocycles. The smallest absolute Gasteiger partial charge is 0.255 e. The molecular weight excluding hydrogens is 226 g/mol. The van der Waals surface area contributed by atoms with Gasteiger partial charge in [0.25, 0.3) is 5.91 Å². The monoisotopic (exact) mass is 241 g/mol. The molecule has 1 saturated carbocycles. The quantitative estimate of drug-likeness (QED) is 0.778. The van der Waals surface area contributed by atoms with E-state index in [-0.39, 0.29) is 17.3 Å². The summed E-state index contributed by atoms with van der Waals surface area (Å²) in [6.45, 7) is 1.83. The molecule has 5 heteroatoms. The van der Waals surface area contributed by atoms with E-state index in [0.29, 0.717) is 5.56 Å². The first kappa shape index (κ1) is 11.5. The molecule has 1 aliphatic carbocycles. The van der Waals surface area contributed by atoms with Crippen molar-refractivity contribution in [3.05, 3.63) is 17.5 Å². The van der Waals surface area contributed by atoms with Crippen LogP contribution >= 0.6 is 11.6 Å². The molecule has 0 saturated heterocycles. The van der Waals surface area contributed by atoms with Crippen molar-refractivity contribution in [3.63, 3.8) is 0 Å². The summed E-state index contributed by atoms with van der Waals surface area (Å²) in [5.74, 6) is -0.0798. The number of aryl methyl sites for hydroxylation is 1. The predicted octanol–water partition coefficient (Wildman–Crippen LogP) is 2.00. The molecule has 0 aliphatic heterocycles. The van der Waals surface area contributed by atoms with Crippen LogP contribution in [0.15, 0.2) is 6.20 Å². The Kier molecular flexibility index (Phi) is 3.49. The van der Waals surface area contributed by atoms with Gasteiger partial charge in [-0.1, -0.05) is 12.8 Å². The lowest BCUT2D eigenvalue weighted by molar-refractivity contribution is 0.0928. The number of amides is 1. The van der Waals surface area contributed by atoms with E-state index in [1.807, 2.05) is 6.92 Å². The Morgan fingerprint density at radius 2 is 2.31 bits per heavy atom. The topological polar surface area (TPSA) is 57.8 Å². The van der Waals surface area contributed by atoms with E-state index >= 15 is 0 Å². The molecule has 4 nitrogen and oxygen atoms in total. The largest absolute Gasteiger partial charge is 0.348 e. The fraction of sp³-hybridized carbons (Fsp3) is 0.636. The lowest BCUT2D eigenvalue weighted by Gasteiger charge is -2.27. The number of nitrogens with zero attached hydrogens (tertiary/aromatic N) is 1. The van der Waals surface area contributed by atoms with Crippen LogP contribution in [0.5, 0.6) is 0 Å². The van der Waals surface area contributed by atoms with E-state index in [9.17, 15) is 4.79 Å². The van der Waals surface area contributed by atoms with Crippen LogP contribution in [0.3, 0.4) is 0 Å². The van der Waals surface area contributed by atoms with Crippen molar-refractivity contribution >= 4 is 17.5 Å². The maximum atomic E-state index is 11.9. The number of nitrogens with one attached hydrogen (secondary N) is 2. The number of alkyl halides is 1. The summed E-state index contributed by atoms with van der Waals surface area (Å²) in [5.41, 5.74) is 1.40. The Bertz CT molecular complexity index is 377. The average molecular weight is 242 g/mol. The number of rotatable bonds is 2. The molecule has 0 radical (unpaired) electrons. The highest BCUT2D eigenvalue weighted by Crippen LogP contribution is 2.23. The zero-order chi connectivity index (χ0) is 11.5. The second-order valence-electron chi connectivity index (χ2n) is 4.29. The molecule has 0 bridgehead atoms. The van der Waals surface area contributed by atoms with Gasteiger partial charge in [0.05, 0.1) is 17.1 Å². The molecule has 1 aliphatic rings. The van der Waals surface area contributed by atoms with Crippen LogP contribution in [-0.2, 0) is 0 Å². The van der Waals surface area contributed by atoms with Crippen molar-refractivity contribution in [2.45, 2.75) is 44.0 Å². The maximum absolute atomic E-state index is 11.9. The molecule has 1 amide bonds. The number of carbonyl (C=O) groups excluding carboxylic acids is 1. The van der Waals surface area contributed by atoms with Crippen molar-refractivity contribution < 1.29 is 4.79 Å². The SMILES string of the molecule is Cc1[nH]ncc1C(=O)NC1CCCCC1Cl. The Hall–Kier alpha value is -1.03. The maximum Gasteiger partial charge on any atom is 0.255 e. The summed E-state index contributed by atoms with van der Waals surface area (Å²) in [4.78, 5) is 11.9. The number of halogens is 1. The van der Waals surface area contributed by atoms with Crippen molar-refractivity contribution in [1.82, 2.24) is 15.5 Å². The number of aromatic nitrogens is 2. The molecule has 2 rings (SSSR count). The molecule has 88 valence electrons. The van der Waals surface area contributed by atoms with Gasteiger partial charge in [0.1, 0.15) is 0 Å². The number of aromatic amines is 1. The van der Waals surface area contributed by atoms with Gasteiger partial charge in [-0.3, -0.25) is 9.89 Å². The van der Waals surface area contributed by atoms with Gasteiger partial charge in [-0.05, 0) is 19.8 Å². The van der Waals surface area contributed by atoms with Crippen molar-refractivity contribution in [2.75, 3.05) is 0 Å². The zero-order valence-corrected chi connectivity index (χ0v) is 10.0. The fourth-order valence-corrected chi connectivity index (χ4v) is 2.42. The van der Waals surface area contributed by atoms with Crippen LogP contribution in [-0.4, -0.2) is 27.5 Å². The van der Waals surface area contributed by atoms with E-state index in [4.69, 9.17) is 11.6 Å². The lowest BCUT2D eigenvalue weighted by atomic mass is 9.94.